The number of hydrogen-bond acceptors (Lipinski definition) is 4. The number of hydrazone groups is 2. The van der Waals surface area contributed by atoms with E-state index in [4.69, 9.17) is 24.4 Å². The molecule has 0 saturated carbocycles. The Bertz CT molecular complexity index is 294. The Morgan fingerprint density at radius 3 is 1.47 bits per heavy atom. The summed E-state index contributed by atoms with van der Waals surface area (Å²) in [5.41, 5.74) is 7.58. The fraction of sp³-hybridized carbons (Fsp3) is 0.636. The zero-order chi connectivity index (χ0) is 13.3. The van der Waals surface area contributed by atoms with Gasteiger partial charge < -0.3 is 0 Å². The van der Waals surface area contributed by atoms with Crippen molar-refractivity contribution in [3.63, 3.8) is 0 Å². The van der Waals surface area contributed by atoms with Crippen LogP contribution in [0, 0.1) is 0 Å². The van der Waals surface area contributed by atoms with E-state index in [0.717, 1.165) is 40.7 Å². The molecule has 0 rings (SSSR count). The van der Waals surface area contributed by atoms with Gasteiger partial charge in [-0.25, -0.2) is 0 Å². The van der Waals surface area contributed by atoms with Gasteiger partial charge in [0.2, 0.25) is 0 Å². The van der Waals surface area contributed by atoms with Crippen molar-refractivity contribution in [2.45, 2.75) is 47.0 Å². The molecule has 0 saturated heterocycles. The lowest BCUT2D eigenvalue weighted by molar-refractivity contribution is 0.864. The van der Waals surface area contributed by atoms with Crippen LogP contribution in [0.3, 0.4) is 0 Å². The maximum Gasteiger partial charge on any atom is 0.0961 e. The van der Waals surface area contributed by atoms with Crippen LogP contribution in [0.1, 0.15) is 47.0 Å². The standard InChI is InChI=1S/C11H20N4S2/c1-8(2)12-14-10(16)6-5-7-11(17)15-13-9(3)4/h5-7H2,1-4H3,(H,14,16)(H,15,17). The third-order valence-electron chi connectivity index (χ3n) is 1.62. The van der Waals surface area contributed by atoms with Gasteiger partial charge in [-0.2, -0.15) is 10.2 Å². The Hall–Kier alpha value is -0.880. The van der Waals surface area contributed by atoms with Crippen molar-refractivity contribution in [1.82, 2.24) is 10.9 Å². The minimum atomic E-state index is 0.740. The number of nitrogens with one attached hydrogen (secondary N) is 2. The highest BCUT2D eigenvalue weighted by atomic mass is 32.1. The third kappa shape index (κ3) is 11.4. The summed E-state index contributed by atoms with van der Waals surface area (Å²) < 4.78 is 0. The Kier molecular flexibility index (Phi) is 8.71. The molecule has 96 valence electrons. The van der Waals surface area contributed by atoms with Gasteiger partial charge in [0, 0.05) is 11.4 Å². The van der Waals surface area contributed by atoms with Crippen molar-refractivity contribution in [3.05, 3.63) is 0 Å². The third-order valence-corrected chi connectivity index (χ3v) is 2.21. The van der Waals surface area contributed by atoms with E-state index < -0.39 is 0 Å². The van der Waals surface area contributed by atoms with Crippen LogP contribution in [0.15, 0.2) is 10.2 Å². The number of thiocarbonyl (C=S) groups is 2. The van der Waals surface area contributed by atoms with Gasteiger partial charge in [0.25, 0.3) is 0 Å². The average Bonchev–Trinajstić information content (AvgIpc) is 2.23. The summed E-state index contributed by atoms with van der Waals surface area (Å²) in [6.45, 7) is 7.67. The first kappa shape index (κ1) is 16.1. The maximum absolute atomic E-state index is 5.12. The Balaban J connectivity index is 3.70. The summed E-state index contributed by atoms with van der Waals surface area (Å²) >= 11 is 10.2. The molecule has 0 amide bonds. The zero-order valence-electron chi connectivity index (χ0n) is 10.8. The second-order valence-electron chi connectivity index (χ2n) is 4.04. The molecule has 0 aromatic carbocycles. The molecule has 0 radical (unpaired) electrons. The molecule has 0 aromatic heterocycles. The van der Waals surface area contributed by atoms with Gasteiger partial charge in [0.15, 0.2) is 0 Å². The molecule has 0 spiro atoms. The monoisotopic (exact) mass is 272 g/mol. The van der Waals surface area contributed by atoms with Gasteiger partial charge in [-0.05, 0) is 47.0 Å². The van der Waals surface area contributed by atoms with Crippen LogP contribution in [-0.4, -0.2) is 21.4 Å². The summed E-state index contributed by atoms with van der Waals surface area (Å²) in [6.07, 6.45) is 2.46. The molecule has 0 heterocycles. The highest BCUT2D eigenvalue weighted by Gasteiger charge is 1.98. The van der Waals surface area contributed by atoms with Gasteiger partial charge in [-0.1, -0.05) is 24.4 Å². The average molecular weight is 272 g/mol. The van der Waals surface area contributed by atoms with Gasteiger partial charge in [0.1, 0.15) is 0 Å². The lowest BCUT2D eigenvalue weighted by Crippen LogP contribution is -2.19. The molecule has 0 aromatic rings. The van der Waals surface area contributed by atoms with Crippen LogP contribution in [-0.2, 0) is 0 Å². The molecule has 0 fully saturated rings. The van der Waals surface area contributed by atoms with Crippen LogP contribution >= 0.6 is 24.4 Å². The molecule has 17 heavy (non-hydrogen) atoms. The topological polar surface area (TPSA) is 48.8 Å². The Morgan fingerprint density at radius 2 is 1.18 bits per heavy atom. The summed E-state index contributed by atoms with van der Waals surface area (Å²) in [4.78, 5) is 1.48. The predicted octanol–water partition coefficient (Wildman–Crippen LogP) is 2.78. The summed E-state index contributed by atoms with van der Waals surface area (Å²) in [5.74, 6) is 0. The van der Waals surface area contributed by atoms with Crippen LogP contribution in [0.2, 0.25) is 0 Å². The molecule has 0 atom stereocenters. The molecular formula is C11H20N4S2. The van der Waals surface area contributed by atoms with Crippen LogP contribution in [0.4, 0.5) is 0 Å². The fourth-order valence-corrected chi connectivity index (χ4v) is 1.25. The Morgan fingerprint density at radius 1 is 0.824 bits per heavy atom. The van der Waals surface area contributed by atoms with Gasteiger partial charge >= 0.3 is 0 Å². The largest absolute Gasteiger partial charge is 0.272 e. The van der Waals surface area contributed by atoms with E-state index in [1.807, 2.05) is 27.7 Å². The van der Waals surface area contributed by atoms with E-state index >= 15 is 0 Å². The lowest BCUT2D eigenvalue weighted by Gasteiger charge is -2.05. The van der Waals surface area contributed by atoms with E-state index in [9.17, 15) is 0 Å². The van der Waals surface area contributed by atoms with E-state index in [1.54, 1.807) is 0 Å². The minimum absolute atomic E-state index is 0.740. The van der Waals surface area contributed by atoms with Gasteiger partial charge in [0.05, 0.1) is 9.98 Å². The number of hydrogen-bond donors (Lipinski definition) is 2. The smallest absolute Gasteiger partial charge is 0.0961 e. The highest BCUT2D eigenvalue weighted by Crippen LogP contribution is 1.98. The van der Waals surface area contributed by atoms with Crippen molar-refractivity contribution >= 4 is 45.8 Å². The van der Waals surface area contributed by atoms with E-state index in [-0.39, 0.29) is 0 Å². The second-order valence-corrected chi connectivity index (χ2v) is 5.03. The minimum Gasteiger partial charge on any atom is -0.272 e. The molecule has 0 aliphatic rings. The van der Waals surface area contributed by atoms with Crippen molar-refractivity contribution in [1.29, 1.82) is 0 Å². The predicted molar refractivity (Wildman–Crippen MR) is 82.9 cm³/mol. The van der Waals surface area contributed by atoms with Crippen molar-refractivity contribution < 1.29 is 0 Å². The number of nitrogens with zero attached hydrogens (tertiary/aromatic N) is 2. The first-order valence-electron chi connectivity index (χ1n) is 5.51. The van der Waals surface area contributed by atoms with Crippen LogP contribution < -0.4 is 10.9 Å². The number of rotatable bonds is 6. The SMILES string of the molecule is CC(C)=NNC(=S)CCCC(=S)NN=C(C)C. The fourth-order valence-electron chi connectivity index (χ4n) is 0.870. The molecule has 0 aliphatic heterocycles. The molecule has 6 heteroatoms. The lowest BCUT2D eigenvalue weighted by atomic mass is 10.2. The van der Waals surface area contributed by atoms with Crippen LogP contribution in [0.25, 0.3) is 0 Å². The molecule has 0 aliphatic carbocycles. The van der Waals surface area contributed by atoms with E-state index in [2.05, 4.69) is 21.1 Å². The maximum atomic E-state index is 5.12. The van der Waals surface area contributed by atoms with Crippen molar-refractivity contribution in [3.8, 4) is 0 Å². The van der Waals surface area contributed by atoms with Crippen molar-refractivity contribution in [2.24, 2.45) is 10.2 Å². The molecular weight excluding hydrogens is 252 g/mol. The van der Waals surface area contributed by atoms with Crippen molar-refractivity contribution in [2.75, 3.05) is 0 Å². The molecule has 2 N–H and O–H groups in total. The molecule has 4 nitrogen and oxygen atoms in total. The summed E-state index contributed by atoms with van der Waals surface area (Å²) in [5, 5.41) is 8.07. The molecule has 0 bridgehead atoms. The first-order chi connectivity index (χ1) is 7.91. The first-order valence-corrected chi connectivity index (χ1v) is 6.33. The quantitative estimate of drug-likeness (QED) is 0.443. The van der Waals surface area contributed by atoms with Gasteiger partial charge in [-0.15, -0.1) is 0 Å². The zero-order valence-corrected chi connectivity index (χ0v) is 12.5. The Labute approximate surface area is 114 Å². The van der Waals surface area contributed by atoms with E-state index in [1.165, 1.54) is 0 Å². The molecule has 0 unspecified atom stereocenters. The normalized spacial score (nSPS) is 9.18. The highest BCUT2D eigenvalue weighted by molar-refractivity contribution is 7.80. The summed E-state index contributed by atoms with van der Waals surface area (Å²) in [6, 6.07) is 0. The second kappa shape index (κ2) is 9.18. The van der Waals surface area contributed by atoms with Gasteiger partial charge in [-0.3, -0.25) is 10.9 Å². The van der Waals surface area contributed by atoms with E-state index in [0.29, 0.717) is 0 Å². The summed E-state index contributed by atoms with van der Waals surface area (Å²) in [7, 11) is 0. The van der Waals surface area contributed by atoms with Crippen LogP contribution in [0.5, 0.6) is 0 Å².